The molecule has 0 saturated heterocycles. The summed E-state index contributed by atoms with van der Waals surface area (Å²) >= 11 is 0. The van der Waals surface area contributed by atoms with Crippen molar-refractivity contribution in [3.05, 3.63) is 64.5 Å². The van der Waals surface area contributed by atoms with Crippen LogP contribution in [0, 0.1) is 13.8 Å². The zero-order valence-electron chi connectivity index (χ0n) is 17.3. The maximum Gasteiger partial charge on any atom is 0.289 e. The predicted molar refractivity (Wildman–Crippen MR) is 113 cm³/mol. The van der Waals surface area contributed by atoms with Crippen molar-refractivity contribution in [3.63, 3.8) is 0 Å². The Bertz CT molecular complexity index is 1120. The van der Waals surface area contributed by atoms with Crippen LogP contribution in [-0.2, 0) is 6.54 Å². The molecule has 2 amide bonds. The predicted octanol–water partition coefficient (Wildman–Crippen LogP) is 3.62. The highest BCUT2D eigenvalue weighted by Gasteiger charge is 2.27. The first kappa shape index (κ1) is 19.2. The van der Waals surface area contributed by atoms with Crippen LogP contribution < -0.4 is 5.32 Å². The van der Waals surface area contributed by atoms with Crippen LogP contribution in [0.2, 0.25) is 0 Å². The molecule has 0 saturated carbocycles. The fourth-order valence-corrected chi connectivity index (χ4v) is 4.10. The summed E-state index contributed by atoms with van der Waals surface area (Å²) in [5.74, 6) is 0.255. The average Bonchev–Trinajstić information content (AvgIpc) is 3.07. The lowest BCUT2D eigenvalue weighted by atomic mass is 10.00. The Balaban J connectivity index is 1.59. The van der Waals surface area contributed by atoms with E-state index in [4.69, 9.17) is 0 Å². The Morgan fingerprint density at radius 1 is 1.17 bits per heavy atom. The summed E-state index contributed by atoms with van der Waals surface area (Å²) in [7, 11) is 0. The minimum atomic E-state index is -0.146. The second kappa shape index (κ2) is 7.35. The highest BCUT2D eigenvalue weighted by molar-refractivity contribution is 6.00. The number of carbonyl (C=O) groups is 2. The van der Waals surface area contributed by atoms with E-state index in [1.165, 1.54) is 5.56 Å². The van der Waals surface area contributed by atoms with Crippen LogP contribution in [0.25, 0.3) is 11.0 Å². The van der Waals surface area contributed by atoms with Crippen molar-refractivity contribution in [2.75, 3.05) is 13.1 Å². The molecular weight excluding hydrogens is 364 g/mol. The fraction of sp³-hybridized carbons (Fsp3) is 0.348. The van der Waals surface area contributed by atoms with Crippen molar-refractivity contribution in [2.45, 2.75) is 40.3 Å². The summed E-state index contributed by atoms with van der Waals surface area (Å²) in [6, 6.07) is 11.6. The molecule has 6 heteroatoms. The molecule has 0 radical (unpaired) electrons. The van der Waals surface area contributed by atoms with Gasteiger partial charge in [0, 0.05) is 25.2 Å². The molecule has 150 valence electrons. The van der Waals surface area contributed by atoms with Gasteiger partial charge in [0.25, 0.3) is 11.8 Å². The third-order valence-corrected chi connectivity index (χ3v) is 5.70. The van der Waals surface area contributed by atoms with Gasteiger partial charge < -0.3 is 14.8 Å². The van der Waals surface area contributed by atoms with Crippen molar-refractivity contribution in [3.8, 4) is 0 Å². The Labute approximate surface area is 170 Å². The molecule has 3 aromatic rings. The first-order valence-electron chi connectivity index (χ1n) is 10.1. The summed E-state index contributed by atoms with van der Waals surface area (Å²) in [6.45, 7) is 10.2. The maximum atomic E-state index is 12.8. The first-order valence-corrected chi connectivity index (χ1v) is 10.1. The van der Waals surface area contributed by atoms with Gasteiger partial charge in [0.15, 0.2) is 5.82 Å². The number of hydrogen-bond acceptors (Lipinski definition) is 3. The standard InChI is InChI=1S/C23H26N4O2/c1-5-26-10-11-27-20-9-7-17(13-19(20)25-21(27)23(26)29)22(28)24-16(4)18-8-6-14(2)12-15(18)3/h6-9,12-13,16H,5,10-11H2,1-4H3,(H,24,28)/t16-/m1/s1. The summed E-state index contributed by atoms with van der Waals surface area (Å²) in [4.78, 5) is 31.7. The molecule has 0 fully saturated rings. The lowest BCUT2D eigenvalue weighted by Crippen LogP contribution is -2.40. The lowest BCUT2D eigenvalue weighted by Gasteiger charge is -2.26. The number of aryl methyl sites for hydroxylation is 2. The van der Waals surface area contributed by atoms with Gasteiger partial charge in [0.2, 0.25) is 0 Å². The Hall–Kier alpha value is -3.15. The smallest absolute Gasteiger partial charge is 0.289 e. The molecule has 1 atom stereocenters. The summed E-state index contributed by atoms with van der Waals surface area (Å²) in [5.41, 5.74) is 5.59. The van der Waals surface area contributed by atoms with E-state index in [0.29, 0.717) is 30.0 Å². The van der Waals surface area contributed by atoms with Gasteiger partial charge in [-0.1, -0.05) is 23.8 Å². The number of rotatable bonds is 4. The number of nitrogens with one attached hydrogen (secondary N) is 1. The van der Waals surface area contributed by atoms with Crippen LogP contribution in [0.15, 0.2) is 36.4 Å². The molecule has 4 rings (SSSR count). The van der Waals surface area contributed by atoms with E-state index in [2.05, 4.69) is 42.3 Å². The minimum absolute atomic E-state index is 0.0515. The number of benzene rings is 2. The average molecular weight is 390 g/mol. The molecule has 29 heavy (non-hydrogen) atoms. The van der Waals surface area contributed by atoms with E-state index in [-0.39, 0.29) is 17.9 Å². The van der Waals surface area contributed by atoms with E-state index >= 15 is 0 Å². The van der Waals surface area contributed by atoms with Crippen molar-refractivity contribution >= 4 is 22.8 Å². The molecule has 0 spiro atoms. The zero-order chi connectivity index (χ0) is 20.7. The monoisotopic (exact) mass is 390 g/mol. The third-order valence-electron chi connectivity index (χ3n) is 5.70. The van der Waals surface area contributed by atoms with E-state index in [1.807, 2.05) is 24.5 Å². The van der Waals surface area contributed by atoms with Crippen LogP contribution in [-0.4, -0.2) is 39.4 Å². The number of carbonyl (C=O) groups excluding carboxylic acids is 2. The van der Waals surface area contributed by atoms with E-state index in [0.717, 1.165) is 23.2 Å². The minimum Gasteiger partial charge on any atom is -0.346 e. The largest absolute Gasteiger partial charge is 0.346 e. The Kier molecular flexibility index (Phi) is 4.86. The topological polar surface area (TPSA) is 67.2 Å². The number of nitrogens with zero attached hydrogens (tertiary/aromatic N) is 3. The molecule has 1 aliphatic rings. The molecule has 6 nitrogen and oxygen atoms in total. The zero-order valence-corrected chi connectivity index (χ0v) is 17.3. The van der Waals surface area contributed by atoms with Crippen LogP contribution in [0.1, 0.15) is 57.6 Å². The van der Waals surface area contributed by atoms with Crippen LogP contribution in [0.4, 0.5) is 0 Å². The highest BCUT2D eigenvalue weighted by Crippen LogP contribution is 2.23. The van der Waals surface area contributed by atoms with Crippen molar-refractivity contribution in [2.24, 2.45) is 0 Å². The molecule has 1 aliphatic heterocycles. The Morgan fingerprint density at radius 3 is 2.69 bits per heavy atom. The van der Waals surface area contributed by atoms with Crippen LogP contribution >= 0.6 is 0 Å². The number of amides is 2. The highest BCUT2D eigenvalue weighted by atomic mass is 16.2. The SMILES string of the molecule is CCN1CCn2c(nc3cc(C(=O)N[C@H](C)c4ccc(C)cc4C)ccc32)C1=O. The van der Waals surface area contributed by atoms with Gasteiger partial charge in [-0.2, -0.15) is 0 Å². The molecule has 2 aromatic carbocycles. The molecule has 0 bridgehead atoms. The Morgan fingerprint density at radius 2 is 1.97 bits per heavy atom. The van der Waals surface area contributed by atoms with Gasteiger partial charge in [-0.05, 0) is 57.0 Å². The molecule has 1 N–H and O–H groups in total. The van der Waals surface area contributed by atoms with Crippen molar-refractivity contribution < 1.29 is 9.59 Å². The molecule has 0 aliphatic carbocycles. The molecule has 1 aromatic heterocycles. The summed E-state index contributed by atoms with van der Waals surface area (Å²) in [6.07, 6.45) is 0. The van der Waals surface area contributed by atoms with E-state index in [1.54, 1.807) is 17.0 Å². The quantitative estimate of drug-likeness (QED) is 0.740. The fourth-order valence-electron chi connectivity index (χ4n) is 4.10. The van der Waals surface area contributed by atoms with Gasteiger partial charge in [0.05, 0.1) is 17.1 Å². The second-order valence-electron chi connectivity index (χ2n) is 7.73. The molecule has 2 heterocycles. The van der Waals surface area contributed by atoms with Crippen molar-refractivity contribution in [1.82, 2.24) is 19.8 Å². The molecular formula is C23H26N4O2. The van der Waals surface area contributed by atoms with Gasteiger partial charge in [-0.25, -0.2) is 4.98 Å². The number of likely N-dealkylation sites (N-methyl/N-ethyl adjacent to an activating group) is 1. The van der Waals surface area contributed by atoms with Crippen molar-refractivity contribution in [1.29, 1.82) is 0 Å². The van der Waals surface area contributed by atoms with E-state index in [9.17, 15) is 9.59 Å². The normalized spacial score (nSPS) is 14.8. The number of aromatic nitrogens is 2. The van der Waals surface area contributed by atoms with Crippen LogP contribution in [0.3, 0.4) is 0 Å². The number of fused-ring (bicyclic) bond motifs is 3. The lowest BCUT2D eigenvalue weighted by molar-refractivity contribution is 0.0709. The maximum absolute atomic E-state index is 12.8. The summed E-state index contributed by atoms with van der Waals surface area (Å²) in [5, 5.41) is 3.08. The van der Waals surface area contributed by atoms with Gasteiger partial charge in [-0.15, -0.1) is 0 Å². The third kappa shape index (κ3) is 3.39. The van der Waals surface area contributed by atoms with Gasteiger partial charge >= 0.3 is 0 Å². The van der Waals surface area contributed by atoms with Crippen LogP contribution in [0.5, 0.6) is 0 Å². The first-order chi connectivity index (χ1) is 13.9. The summed E-state index contributed by atoms with van der Waals surface area (Å²) < 4.78 is 1.95. The molecule has 0 unspecified atom stereocenters. The number of imidazole rings is 1. The second-order valence-corrected chi connectivity index (χ2v) is 7.73. The van der Waals surface area contributed by atoms with E-state index < -0.39 is 0 Å². The number of hydrogen-bond donors (Lipinski definition) is 1. The van der Waals surface area contributed by atoms with Gasteiger partial charge in [-0.3, -0.25) is 9.59 Å². The van der Waals surface area contributed by atoms with Gasteiger partial charge in [0.1, 0.15) is 0 Å².